The van der Waals surface area contributed by atoms with Gasteiger partial charge in [-0.15, -0.1) is 0 Å². The summed E-state index contributed by atoms with van der Waals surface area (Å²) in [6.07, 6.45) is 0.503. The molecule has 4 nitrogen and oxygen atoms in total. The Bertz CT molecular complexity index is 213. The number of carboxylic acids is 1. The van der Waals surface area contributed by atoms with Crippen LogP contribution in [-0.4, -0.2) is 34.5 Å². The number of rotatable bonds is 5. The molecule has 0 spiro atoms. The number of likely N-dealkylation sites (N-methyl/N-ethyl adjacent to an activating group) is 1. The largest absolute Gasteiger partial charge is 0.480 e. The molecule has 0 saturated heterocycles. The molecule has 1 atom stereocenters. The summed E-state index contributed by atoms with van der Waals surface area (Å²) in [6, 6.07) is -0.683. The molecule has 0 fully saturated rings. The number of hydrogen-bond acceptors (Lipinski definition) is 2. The van der Waals surface area contributed by atoms with Crippen molar-refractivity contribution in [1.82, 2.24) is 4.90 Å². The van der Waals surface area contributed by atoms with Crippen LogP contribution in [0.1, 0.15) is 34.1 Å². The molecular weight excluding hydrogens is 182 g/mol. The normalized spacial score (nSPS) is 12.6. The molecule has 0 saturated carbocycles. The van der Waals surface area contributed by atoms with Crippen molar-refractivity contribution in [3.8, 4) is 0 Å². The third-order valence-electron chi connectivity index (χ3n) is 2.10. The van der Waals surface area contributed by atoms with E-state index in [2.05, 4.69) is 0 Å². The Morgan fingerprint density at radius 2 is 1.86 bits per heavy atom. The van der Waals surface area contributed by atoms with Gasteiger partial charge in [0.15, 0.2) is 0 Å². The van der Waals surface area contributed by atoms with Gasteiger partial charge >= 0.3 is 5.97 Å². The molecule has 82 valence electrons. The van der Waals surface area contributed by atoms with E-state index in [1.54, 1.807) is 6.92 Å². The van der Waals surface area contributed by atoms with Crippen LogP contribution in [0.3, 0.4) is 0 Å². The molecule has 0 aromatic heterocycles. The van der Waals surface area contributed by atoms with Crippen LogP contribution in [-0.2, 0) is 9.59 Å². The summed E-state index contributed by atoms with van der Waals surface area (Å²) < 4.78 is 0. The van der Waals surface area contributed by atoms with Crippen LogP contribution in [0, 0.1) is 5.92 Å². The SMILES string of the molecule is CCN(C(C)=O)C(CC(C)C)C(=O)O. The van der Waals surface area contributed by atoms with E-state index in [0.717, 1.165) is 0 Å². The zero-order chi connectivity index (χ0) is 11.3. The second-order valence-corrected chi connectivity index (χ2v) is 3.79. The summed E-state index contributed by atoms with van der Waals surface area (Å²) in [4.78, 5) is 23.5. The summed E-state index contributed by atoms with van der Waals surface area (Å²) in [5, 5.41) is 8.98. The van der Waals surface area contributed by atoms with Crippen molar-refractivity contribution in [3.63, 3.8) is 0 Å². The van der Waals surface area contributed by atoms with E-state index in [4.69, 9.17) is 5.11 Å². The zero-order valence-corrected chi connectivity index (χ0v) is 9.28. The number of amides is 1. The van der Waals surface area contributed by atoms with Crippen molar-refractivity contribution in [1.29, 1.82) is 0 Å². The quantitative estimate of drug-likeness (QED) is 0.730. The van der Waals surface area contributed by atoms with E-state index < -0.39 is 12.0 Å². The highest BCUT2D eigenvalue weighted by Crippen LogP contribution is 2.12. The summed E-state index contributed by atoms with van der Waals surface area (Å²) >= 11 is 0. The maximum absolute atomic E-state index is 11.2. The van der Waals surface area contributed by atoms with Crippen LogP contribution in [0.5, 0.6) is 0 Å². The molecule has 14 heavy (non-hydrogen) atoms. The van der Waals surface area contributed by atoms with E-state index in [0.29, 0.717) is 13.0 Å². The Kier molecular flexibility index (Phi) is 5.20. The number of carbonyl (C=O) groups excluding carboxylic acids is 1. The van der Waals surface area contributed by atoms with Crippen LogP contribution in [0.2, 0.25) is 0 Å². The van der Waals surface area contributed by atoms with Gasteiger partial charge in [0.2, 0.25) is 5.91 Å². The Morgan fingerprint density at radius 1 is 1.36 bits per heavy atom. The first kappa shape index (κ1) is 12.9. The highest BCUT2D eigenvalue weighted by atomic mass is 16.4. The third-order valence-corrected chi connectivity index (χ3v) is 2.10. The standard InChI is InChI=1S/C10H19NO3/c1-5-11(8(4)12)9(10(13)14)6-7(2)3/h7,9H,5-6H2,1-4H3,(H,13,14). The van der Waals surface area contributed by atoms with Crippen LogP contribution < -0.4 is 0 Å². The molecular formula is C10H19NO3. The molecule has 0 aromatic rings. The molecule has 0 aromatic carbocycles. The first-order chi connectivity index (χ1) is 6.40. The summed E-state index contributed by atoms with van der Waals surface area (Å²) in [7, 11) is 0. The molecule has 0 radical (unpaired) electrons. The minimum atomic E-state index is -0.921. The molecule has 1 N–H and O–H groups in total. The molecule has 0 aliphatic rings. The smallest absolute Gasteiger partial charge is 0.326 e. The van der Waals surface area contributed by atoms with Crippen molar-refractivity contribution in [2.24, 2.45) is 5.92 Å². The lowest BCUT2D eigenvalue weighted by Crippen LogP contribution is -2.44. The average Bonchev–Trinajstić information content (AvgIpc) is 2.02. The van der Waals surface area contributed by atoms with Gasteiger partial charge in [0.1, 0.15) is 6.04 Å². The first-order valence-electron chi connectivity index (χ1n) is 4.90. The molecule has 0 bridgehead atoms. The fraction of sp³-hybridized carbons (Fsp3) is 0.800. The molecule has 1 unspecified atom stereocenters. The summed E-state index contributed by atoms with van der Waals surface area (Å²) in [6.45, 7) is 7.53. The van der Waals surface area contributed by atoms with Gasteiger partial charge in [0, 0.05) is 13.5 Å². The third kappa shape index (κ3) is 3.77. The van der Waals surface area contributed by atoms with E-state index in [1.165, 1.54) is 11.8 Å². The zero-order valence-electron chi connectivity index (χ0n) is 9.28. The minimum absolute atomic E-state index is 0.180. The van der Waals surface area contributed by atoms with Crippen molar-refractivity contribution in [2.75, 3.05) is 6.54 Å². The number of carboxylic acid groups (broad SMARTS) is 1. The lowest BCUT2D eigenvalue weighted by atomic mass is 10.0. The van der Waals surface area contributed by atoms with Crippen molar-refractivity contribution >= 4 is 11.9 Å². The van der Waals surface area contributed by atoms with Crippen molar-refractivity contribution < 1.29 is 14.7 Å². The second kappa shape index (κ2) is 5.62. The average molecular weight is 201 g/mol. The first-order valence-corrected chi connectivity index (χ1v) is 4.90. The Morgan fingerprint density at radius 3 is 2.07 bits per heavy atom. The summed E-state index contributed by atoms with van der Waals surface area (Å²) in [5.74, 6) is -0.833. The van der Waals surface area contributed by atoms with Crippen LogP contribution >= 0.6 is 0 Å². The lowest BCUT2D eigenvalue weighted by Gasteiger charge is -2.27. The number of aliphatic carboxylic acids is 1. The highest BCUT2D eigenvalue weighted by molar-refractivity contribution is 5.82. The lowest BCUT2D eigenvalue weighted by molar-refractivity contribution is -0.150. The van der Waals surface area contributed by atoms with Gasteiger partial charge in [-0.1, -0.05) is 13.8 Å². The van der Waals surface area contributed by atoms with Gasteiger partial charge in [0.25, 0.3) is 0 Å². The summed E-state index contributed by atoms with van der Waals surface area (Å²) in [5.41, 5.74) is 0. The maximum Gasteiger partial charge on any atom is 0.326 e. The number of hydrogen-bond donors (Lipinski definition) is 1. The van der Waals surface area contributed by atoms with E-state index in [-0.39, 0.29) is 11.8 Å². The van der Waals surface area contributed by atoms with Gasteiger partial charge in [-0.25, -0.2) is 4.79 Å². The van der Waals surface area contributed by atoms with E-state index >= 15 is 0 Å². The number of carbonyl (C=O) groups is 2. The molecule has 0 heterocycles. The topological polar surface area (TPSA) is 57.6 Å². The monoisotopic (exact) mass is 201 g/mol. The van der Waals surface area contributed by atoms with Gasteiger partial charge < -0.3 is 10.0 Å². The Hall–Kier alpha value is -1.06. The minimum Gasteiger partial charge on any atom is -0.480 e. The van der Waals surface area contributed by atoms with E-state index in [1.807, 2.05) is 13.8 Å². The van der Waals surface area contributed by atoms with Crippen LogP contribution in [0.4, 0.5) is 0 Å². The maximum atomic E-state index is 11.2. The van der Waals surface area contributed by atoms with Crippen LogP contribution in [0.15, 0.2) is 0 Å². The molecule has 0 aliphatic carbocycles. The predicted octanol–water partition coefficient (Wildman–Crippen LogP) is 1.35. The highest BCUT2D eigenvalue weighted by Gasteiger charge is 2.26. The van der Waals surface area contributed by atoms with Crippen LogP contribution in [0.25, 0.3) is 0 Å². The molecule has 0 rings (SSSR count). The Labute approximate surface area is 84.9 Å². The van der Waals surface area contributed by atoms with Gasteiger partial charge in [-0.2, -0.15) is 0 Å². The van der Waals surface area contributed by atoms with Gasteiger partial charge in [-0.3, -0.25) is 4.79 Å². The molecule has 4 heteroatoms. The van der Waals surface area contributed by atoms with Gasteiger partial charge in [-0.05, 0) is 19.3 Å². The molecule has 0 aliphatic heterocycles. The van der Waals surface area contributed by atoms with Crippen molar-refractivity contribution in [3.05, 3.63) is 0 Å². The predicted molar refractivity (Wildman–Crippen MR) is 53.9 cm³/mol. The van der Waals surface area contributed by atoms with Crippen molar-refractivity contribution in [2.45, 2.75) is 40.2 Å². The fourth-order valence-electron chi connectivity index (χ4n) is 1.47. The Balaban J connectivity index is 4.60. The second-order valence-electron chi connectivity index (χ2n) is 3.79. The van der Waals surface area contributed by atoms with Gasteiger partial charge in [0.05, 0.1) is 0 Å². The van der Waals surface area contributed by atoms with E-state index in [9.17, 15) is 9.59 Å². The fourth-order valence-corrected chi connectivity index (χ4v) is 1.47. The number of nitrogens with zero attached hydrogens (tertiary/aromatic N) is 1. The molecule has 1 amide bonds.